The molecule has 0 aliphatic carbocycles. The molecular formula is C16H23Cl2NO. The van der Waals surface area contributed by atoms with Crippen LogP contribution in [0.2, 0.25) is 10.0 Å². The standard InChI is InChI=1S/C16H23Cl2NO/c1-16(2,19-8-4-3-5-9-19)15(20)11-12-10-13(17)6-7-14(12)18/h6-7,10,15,20H,3-5,8-9,11H2,1-2H3. The lowest BCUT2D eigenvalue weighted by Crippen LogP contribution is -2.54. The fourth-order valence-corrected chi connectivity index (χ4v) is 3.23. The van der Waals surface area contributed by atoms with Crippen molar-refractivity contribution in [3.05, 3.63) is 33.8 Å². The SMILES string of the molecule is CC(C)(C(O)Cc1cc(Cl)ccc1Cl)N1CCCCC1. The summed E-state index contributed by atoms with van der Waals surface area (Å²) in [5.74, 6) is 0. The molecule has 0 saturated carbocycles. The van der Waals surface area contributed by atoms with Crippen LogP contribution in [0.15, 0.2) is 18.2 Å². The Morgan fingerprint density at radius 3 is 2.50 bits per heavy atom. The fraction of sp³-hybridized carbons (Fsp3) is 0.625. The monoisotopic (exact) mass is 315 g/mol. The van der Waals surface area contributed by atoms with Crippen molar-refractivity contribution >= 4 is 23.2 Å². The normalized spacial score (nSPS) is 19.1. The number of nitrogens with zero attached hydrogens (tertiary/aromatic N) is 1. The van der Waals surface area contributed by atoms with E-state index in [1.807, 2.05) is 6.07 Å². The van der Waals surface area contributed by atoms with E-state index in [0.717, 1.165) is 18.7 Å². The van der Waals surface area contributed by atoms with E-state index in [1.54, 1.807) is 12.1 Å². The van der Waals surface area contributed by atoms with Gasteiger partial charge in [0.15, 0.2) is 0 Å². The molecule has 0 amide bonds. The molecule has 1 N–H and O–H groups in total. The summed E-state index contributed by atoms with van der Waals surface area (Å²) in [5.41, 5.74) is 0.670. The van der Waals surface area contributed by atoms with Crippen molar-refractivity contribution in [1.82, 2.24) is 4.90 Å². The van der Waals surface area contributed by atoms with Crippen molar-refractivity contribution in [2.45, 2.75) is 51.2 Å². The summed E-state index contributed by atoms with van der Waals surface area (Å²) < 4.78 is 0. The maximum absolute atomic E-state index is 10.7. The molecule has 20 heavy (non-hydrogen) atoms. The highest BCUT2D eigenvalue weighted by atomic mass is 35.5. The van der Waals surface area contributed by atoms with E-state index in [2.05, 4.69) is 18.7 Å². The van der Waals surface area contributed by atoms with E-state index in [4.69, 9.17) is 23.2 Å². The van der Waals surface area contributed by atoms with Gasteiger partial charge in [-0.2, -0.15) is 0 Å². The van der Waals surface area contributed by atoms with Crippen LogP contribution in [0, 0.1) is 0 Å². The number of hydrogen-bond donors (Lipinski definition) is 1. The number of aliphatic hydroxyl groups excluding tert-OH is 1. The van der Waals surface area contributed by atoms with Crippen LogP contribution in [0.4, 0.5) is 0 Å². The van der Waals surface area contributed by atoms with Crippen LogP contribution >= 0.6 is 23.2 Å². The molecule has 0 bridgehead atoms. The first-order chi connectivity index (χ1) is 9.41. The van der Waals surface area contributed by atoms with Gasteiger partial charge in [0.2, 0.25) is 0 Å². The Morgan fingerprint density at radius 1 is 1.20 bits per heavy atom. The second-order valence-corrected chi connectivity index (χ2v) is 7.00. The molecule has 2 rings (SSSR count). The summed E-state index contributed by atoms with van der Waals surface area (Å²) in [7, 11) is 0. The topological polar surface area (TPSA) is 23.5 Å². The minimum Gasteiger partial charge on any atom is -0.391 e. The molecule has 1 heterocycles. The highest BCUT2D eigenvalue weighted by molar-refractivity contribution is 6.33. The van der Waals surface area contributed by atoms with Crippen LogP contribution in [0.5, 0.6) is 0 Å². The predicted octanol–water partition coefficient (Wildman–Crippen LogP) is 4.16. The Bertz CT molecular complexity index is 456. The van der Waals surface area contributed by atoms with Crippen molar-refractivity contribution in [2.75, 3.05) is 13.1 Å². The molecule has 1 atom stereocenters. The molecule has 1 unspecified atom stereocenters. The summed E-state index contributed by atoms with van der Waals surface area (Å²) in [6.07, 6.45) is 3.80. The van der Waals surface area contributed by atoms with Gasteiger partial charge in [-0.15, -0.1) is 0 Å². The van der Waals surface area contributed by atoms with Crippen molar-refractivity contribution in [3.63, 3.8) is 0 Å². The van der Waals surface area contributed by atoms with Crippen molar-refractivity contribution < 1.29 is 5.11 Å². The number of rotatable bonds is 4. The van der Waals surface area contributed by atoms with Gasteiger partial charge >= 0.3 is 0 Å². The molecule has 1 aromatic rings. The van der Waals surface area contributed by atoms with Crippen LogP contribution in [-0.2, 0) is 6.42 Å². The Hall–Kier alpha value is -0.280. The summed E-state index contributed by atoms with van der Waals surface area (Å²) in [4.78, 5) is 2.39. The van der Waals surface area contributed by atoms with Gasteiger partial charge in [0, 0.05) is 22.0 Å². The molecule has 0 aromatic heterocycles. The Kier molecular flexibility index (Phi) is 5.36. The van der Waals surface area contributed by atoms with E-state index in [9.17, 15) is 5.11 Å². The average Bonchev–Trinajstić information content (AvgIpc) is 2.43. The molecule has 4 heteroatoms. The molecular weight excluding hydrogens is 293 g/mol. The van der Waals surface area contributed by atoms with Crippen LogP contribution in [0.1, 0.15) is 38.7 Å². The lowest BCUT2D eigenvalue weighted by molar-refractivity contribution is -0.0186. The second kappa shape index (κ2) is 6.65. The van der Waals surface area contributed by atoms with Crippen molar-refractivity contribution in [1.29, 1.82) is 0 Å². The largest absolute Gasteiger partial charge is 0.391 e. The van der Waals surface area contributed by atoms with Crippen LogP contribution in [-0.4, -0.2) is 34.7 Å². The molecule has 112 valence electrons. The smallest absolute Gasteiger partial charge is 0.0759 e. The molecule has 0 radical (unpaired) electrons. The van der Waals surface area contributed by atoms with Gasteiger partial charge in [0.1, 0.15) is 0 Å². The summed E-state index contributed by atoms with van der Waals surface area (Å²) in [5, 5.41) is 12.0. The van der Waals surface area contributed by atoms with Crippen molar-refractivity contribution in [3.8, 4) is 0 Å². The van der Waals surface area contributed by atoms with E-state index in [1.165, 1.54) is 19.3 Å². The molecule has 1 saturated heterocycles. The number of aliphatic hydroxyl groups is 1. The summed E-state index contributed by atoms with van der Waals surface area (Å²) in [6.45, 7) is 6.35. The van der Waals surface area contributed by atoms with Gasteiger partial charge < -0.3 is 5.11 Å². The maximum Gasteiger partial charge on any atom is 0.0759 e. The average molecular weight is 316 g/mol. The number of hydrogen-bond acceptors (Lipinski definition) is 2. The number of benzene rings is 1. The molecule has 1 aliphatic heterocycles. The number of halogens is 2. The lowest BCUT2D eigenvalue weighted by Gasteiger charge is -2.44. The first kappa shape index (κ1) is 16.1. The molecule has 0 spiro atoms. The zero-order valence-electron chi connectivity index (χ0n) is 12.2. The third-order valence-electron chi connectivity index (χ3n) is 4.41. The van der Waals surface area contributed by atoms with Crippen LogP contribution in [0.25, 0.3) is 0 Å². The lowest BCUT2D eigenvalue weighted by atomic mass is 9.88. The summed E-state index contributed by atoms with van der Waals surface area (Å²) in [6, 6.07) is 5.41. The Balaban J connectivity index is 2.09. The third-order valence-corrected chi connectivity index (χ3v) is 5.01. The fourth-order valence-electron chi connectivity index (χ4n) is 2.84. The molecule has 1 aromatic carbocycles. The quantitative estimate of drug-likeness (QED) is 0.901. The first-order valence-corrected chi connectivity index (χ1v) is 8.04. The zero-order valence-corrected chi connectivity index (χ0v) is 13.7. The van der Waals surface area contributed by atoms with Crippen molar-refractivity contribution in [2.24, 2.45) is 0 Å². The molecule has 1 fully saturated rings. The van der Waals surface area contributed by atoms with E-state index in [0.29, 0.717) is 16.5 Å². The van der Waals surface area contributed by atoms with Gasteiger partial charge in [-0.3, -0.25) is 4.90 Å². The Morgan fingerprint density at radius 2 is 1.85 bits per heavy atom. The maximum atomic E-state index is 10.7. The van der Waals surface area contributed by atoms with Gasteiger partial charge in [-0.05, 0) is 63.5 Å². The van der Waals surface area contributed by atoms with E-state index in [-0.39, 0.29) is 5.54 Å². The predicted molar refractivity (Wildman–Crippen MR) is 85.7 cm³/mol. The first-order valence-electron chi connectivity index (χ1n) is 7.28. The second-order valence-electron chi connectivity index (χ2n) is 6.16. The minimum absolute atomic E-state index is 0.244. The highest BCUT2D eigenvalue weighted by Gasteiger charge is 2.35. The summed E-state index contributed by atoms with van der Waals surface area (Å²) >= 11 is 12.2. The number of piperidine rings is 1. The highest BCUT2D eigenvalue weighted by Crippen LogP contribution is 2.28. The van der Waals surface area contributed by atoms with E-state index >= 15 is 0 Å². The van der Waals surface area contributed by atoms with Gasteiger partial charge in [0.05, 0.1) is 6.10 Å². The number of likely N-dealkylation sites (tertiary alicyclic amines) is 1. The molecule has 1 aliphatic rings. The van der Waals surface area contributed by atoms with Gasteiger partial charge in [-0.25, -0.2) is 0 Å². The third kappa shape index (κ3) is 3.67. The van der Waals surface area contributed by atoms with Gasteiger partial charge in [-0.1, -0.05) is 29.6 Å². The van der Waals surface area contributed by atoms with Crippen LogP contribution < -0.4 is 0 Å². The molecule has 2 nitrogen and oxygen atoms in total. The Labute approximate surface area is 131 Å². The van der Waals surface area contributed by atoms with E-state index < -0.39 is 6.10 Å². The van der Waals surface area contributed by atoms with Crippen LogP contribution in [0.3, 0.4) is 0 Å². The minimum atomic E-state index is -0.462. The van der Waals surface area contributed by atoms with Gasteiger partial charge in [0.25, 0.3) is 0 Å². The zero-order chi connectivity index (χ0) is 14.8.